The first-order valence-electron chi connectivity index (χ1n) is 8.69. The Morgan fingerprint density at radius 3 is 1.80 bits per heavy atom. The van der Waals surface area contributed by atoms with E-state index in [2.05, 4.69) is 34.6 Å². The van der Waals surface area contributed by atoms with Crippen LogP contribution in [0.3, 0.4) is 0 Å². The molecule has 10 aliphatic rings. The van der Waals surface area contributed by atoms with E-state index in [9.17, 15) is 4.79 Å². The first-order valence-corrected chi connectivity index (χ1v) is 14.8. The molecule has 0 aliphatic carbocycles. The summed E-state index contributed by atoms with van der Waals surface area (Å²) in [5.74, 6) is 0.815. The predicted octanol–water partition coefficient (Wildman–Crippen LogP) is 5.53. The number of ketones is 1. The molecule has 10 aliphatic heterocycles. The van der Waals surface area contributed by atoms with Crippen molar-refractivity contribution in [2.45, 2.75) is 87.7 Å². The van der Waals surface area contributed by atoms with Crippen LogP contribution in [-0.2, 0) is 11.3 Å². The van der Waals surface area contributed by atoms with Crippen molar-refractivity contribution in [2.75, 3.05) is 0 Å². The third-order valence-electron chi connectivity index (χ3n) is 17.6. The Labute approximate surface area is 110 Å². The molecule has 2 heteroatoms. The first kappa shape index (κ1) is 8.73. The van der Waals surface area contributed by atoms with Crippen molar-refractivity contribution in [3.05, 3.63) is 0 Å². The topological polar surface area (TPSA) is 17.1 Å². The van der Waals surface area contributed by atoms with Gasteiger partial charge in [-0.05, 0) is 0 Å². The molecule has 9 unspecified atom stereocenters. The molecule has 10 fully saturated rings. The number of Topliss-reactive ketones (excluding diaryl/α,β-unsaturated/α-hetero) is 1. The number of fused-ring (bicyclic) bond motifs is 10. The summed E-state index contributed by atoms with van der Waals surface area (Å²) < 4.78 is 1.97. The van der Waals surface area contributed by atoms with Gasteiger partial charge in [-0.3, -0.25) is 0 Å². The van der Waals surface area contributed by atoms with Gasteiger partial charge in [-0.15, -0.1) is 0 Å². The molecule has 9 atom stereocenters. The van der Waals surface area contributed by atoms with Crippen molar-refractivity contribution in [2.24, 2.45) is 5.41 Å². The Kier molecular flexibility index (Phi) is 0.312. The minimum atomic E-state index is -3.42. The van der Waals surface area contributed by atoms with Crippen LogP contribution < -0.4 is 0 Å². The quantitative estimate of drug-likeness (QED) is 0.613. The fourth-order valence-corrected chi connectivity index (χ4v) is 101. The molecule has 110 valence electrons. The van der Waals surface area contributed by atoms with Gasteiger partial charge in [0.25, 0.3) is 0 Å². The summed E-state index contributed by atoms with van der Waals surface area (Å²) in [7, 11) is 0. The average molecular weight is 312 g/mol. The zero-order valence-corrected chi connectivity index (χ0v) is 14.1. The van der Waals surface area contributed by atoms with E-state index in [0.717, 1.165) is 21.3 Å². The average Bonchev–Trinajstić information content (AvgIpc) is 3.23. The van der Waals surface area contributed by atoms with Gasteiger partial charge in [0.15, 0.2) is 0 Å². The maximum atomic E-state index is 13.6. The van der Waals surface area contributed by atoms with Gasteiger partial charge in [0.1, 0.15) is 0 Å². The van der Waals surface area contributed by atoms with Crippen molar-refractivity contribution in [1.82, 2.24) is 0 Å². The fourth-order valence-electron chi connectivity index (χ4n) is 20.6. The summed E-state index contributed by atoms with van der Waals surface area (Å²) in [6, 6.07) is 0. The van der Waals surface area contributed by atoms with E-state index in [4.69, 9.17) is 0 Å². The molecule has 0 aromatic heterocycles. The number of carbonyl (C=O) groups is 1. The molecule has 10 rings (SSSR count). The molecule has 1 nitrogen and oxygen atoms in total. The number of hydrogen-bond acceptors (Lipinski definition) is 1. The molecule has 0 amide bonds. The van der Waals surface area contributed by atoms with E-state index >= 15 is 0 Å². The molecular formula is C18H24FeO. The normalized spacial score (nSPS) is 111. The third kappa shape index (κ3) is 0.0852. The maximum absolute atomic E-state index is 13.6. The van der Waals surface area contributed by atoms with Crippen molar-refractivity contribution in [3.8, 4) is 0 Å². The molecule has 1 spiro atoms. The Balaban J connectivity index is 1.47. The molecule has 0 radical (unpaired) electrons. The van der Waals surface area contributed by atoms with Crippen LogP contribution >= 0.6 is 0 Å². The van der Waals surface area contributed by atoms with Crippen LogP contribution in [0, 0.1) is 5.41 Å². The molecular weight excluding hydrogens is 288 g/mol. The number of hydrogen-bond donors (Lipinski definition) is 0. The molecule has 0 saturated carbocycles. The van der Waals surface area contributed by atoms with Gasteiger partial charge in [-0.2, -0.15) is 0 Å². The summed E-state index contributed by atoms with van der Waals surface area (Å²) in [6.45, 7) is 8.83. The van der Waals surface area contributed by atoms with E-state index in [1.807, 2.05) is 0 Å². The standard InChI is InChI=1S/C12H17O.C6H7.Fe/c1-9-6-5-7-10(9)11(13)8-12(2,3)4;1-6-4-2-3-5-6;/h5-7H,8H2,1-4H3;2-5H,1H3;. The van der Waals surface area contributed by atoms with E-state index in [1.165, 1.54) is 28.9 Å². The second-order valence-corrected chi connectivity index (χ2v) is 37.2. The second-order valence-electron chi connectivity index (χ2n) is 13.7. The van der Waals surface area contributed by atoms with Gasteiger partial charge in [0.2, 0.25) is 0 Å². The first-order chi connectivity index (χ1) is 8.95. The predicted molar refractivity (Wildman–Crippen MR) is 74.8 cm³/mol. The zero-order chi connectivity index (χ0) is 13.6. The summed E-state index contributed by atoms with van der Waals surface area (Å²) in [6.07, 6.45) is 0.888. The summed E-state index contributed by atoms with van der Waals surface area (Å²) in [4.78, 5) is 22.1. The Morgan fingerprint density at radius 2 is 1.60 bits per heavy atom. The Morgan fingerprint density at radius 1 is 1.00 bits per heavy atom. The van der Waals surface area contributed by atoms with E-state index in [-0.39, 0.29) is 5.41 Å². The minimum absolute atomic E-state index is 0.204. The van der Waals surface area contributed by atoms with Crippen molar-refractivity contribution in [1.29, 1.82) is 0 Å². The van der Waals surface area contributed by atoms with Crippen molar-refractivity contribution < 1.29 is 11.3 Å². The number of carbonyl (C=O) groups excluding carboxylic acids is 1. The van der Waals surface area contributed by atoms with Crippen LogP contribution in [0.4, 0.5) is 0 Å². The molecule has 0 N–H and O–H groups in total. The van der Waals surface area contributed by atoms with Crippen LogP contribution in [0.15, 0.2) is 0 Å². The fraction of sp³-hybridized carbons (Fsp3) is 0.944. The zero-order valence-electron chi connectivity index (χ0n) is 13.0. The van der Waals surface area contributed by atoms with Gasteiger partial charge in [0, 0.05) is 0 Å². The van der Waals surface area contributed by atoms with Gasteiger partial charge in [0.05, 0.1) is 0 Å². The summed E-state index contributed by atoms with van der Waals surface area (Å²) in [5, 5.41) is 0. The van der Waals surface area contributed by atoms with Crippen LogP contribution in [-0.4, -0.2) is 5.78 Å². The number of rotatable bonds is 2. The SMILES string of the molecule is CC(C)(C)CC(=O)[C]12[CH]3[CH]4[CH]5[C]1(C)[Fe]45321678[CH]2[CH]1[CH]6[C]7(C)[CH]28. The second kappa shape index (κ2) is 0.716. The van der Waals surface area contributed by atoms with Crippen molar-refractivity contribution >= 4 is 5.78 Å². The van der Waals surface area contributed by atoms with E-state index in [1.54, 1.807) is 0 Å². The summed E-state index contributed by atoms with van der Waals surface area (Å²) in [5.41, 5.74) is 0.204. The van der Waals surface area contributed by atoms with Crippen LogP contribution in [0.1, 0.15) is 41.0 Å². The van der Waals surface area contributed by atoms with Gasteiger partial charge < -0.3 is 0 Å². The summed E-state index contributed by atoms with van der Waals surface area (Å²) >= 11 is 0. The molecule has 0 aromatic rings. The van der Waals surface area contributed by atoms with E-state index < -0.39 is 6.51 Å². The van der Waals surface area contributed by atoms with Gasteiger partial charge in [-0.25, -0.2) is 0 Å². The molecule has 10 heterocycles. The van der Waals surface area contributed by atoms with Crippen LogP contribution in [0.5, 0.6) is 0 Å². The molecule has 0 bridgehead atoms. The monoisotopic (exact) mass is 312 g/mol. The van der Waals surface area contributed by atoms with Crippen molar-refractivity contribution in [3.63, 3.8) is 0 Å². The van der Waals surface area contributed by atoms with Gasteiger partial charge >= 0.3 is 110 Å². The Bertz CT molecular complexity index is 1180. The van der Waals surface area contributed by atoms with Crippen LogP contribution in [0.2, 0.25) is 46.7 Å². The third-order valence-corrected chi connectivity index (χ3v) is 63.6. The van der Waals surface area contributed by atoms with E-state index in [0.29, 0.717) is 8.63 Å². The molecule has 20 heavy (non-hydrogen) atoms. The molecule has 0 aromatic carbocycles. The molecule has 10 saturated heterocycles. The van der Waals surface area contributed by atoms with Crippen LogP contribution in [0.25, 0.3) is 0 Å². The Hall–Kier alpha value is 0.189. The van der Waals surface area contributed by atoms with Gasteiger partial charge in [-0.1, -0.05) is 0 Å².